The molecule has 1 aromatic rings. The first kappa shape index (κ1) is 20.8. The van der Waals surface area contributed by atoms with Crippen molar-refractivity contribution in [2.45, 2.75) is 40.5 Å². The van der Waals surface area contributed by atoms with E-state index in [1.165, 1.54) is 5.57 Å². The lowest BCUT2D eigenvalue weighted by atomic mass is 10.1. The van der Waals surface area contributed by atoms with Gasteiger partial charge in [-0.05, 0) is 43.7 Å². The van der Waals surface area contributed by atoms with Crippen molar-refractivity contribution in [2.24, 2.45) is 0 Å². The minimum Gasteiger partial charge on any atom is -0.501 e. The zero-order chi connectivity index (χ0) is 17.7. The highest BCUT2D eigenvalue weighted by Crippen LogP contribution is 2.07. The molecule has 0 heterocycles. The van der Waals surface area contributed by atoms with Crippen LogP contribution < -0.4 is 11.1 Å². The predicted molar refractivity (Wildman–Crippen MR) is 98.3 cm³/mol. The fourth-order valence-corrected chi connectivity index (χ4v) is 1.76. The molecule has 4 heteroatoms. The molecule has 0 aromatic heterocycles. The Labute approximate surface area is 140 Å². The predicted octanol–water partition coefficient (Wildman–Crippen LogP) is 4.30. The van der Waals surface area contributed by atoms with E-state index in [4.69, 9.17) is 10.5 Å². The van der Waals surface area contributed by atoms with E-state index >= 15 is 0 Å². The number of allylic oxidation sites excluding steroid dienone is 3. The fraction of sp³-hybridized carbons (Fsp3) is 0.421. The Morgan fingerprint density at radius 2 is 1.83 bits per heavy atom. The molecule has 0 bridgehead atoms. The Bertz CT molecular complexity index is 511. The lowest BCUT2D eigenvalue weighted by molar-refractivity contribution is 0.0954. The van der Waals surface area contributed by atoms with Crippen LogP contribution in [-0.4, -0.2) is 19.6 Å². The summed E-state index contributed by atoms with van der Waals surface area (Å²) >= 11 is 0. The van der Waals surface area contributed by atoms with E-state index in [1.807, 2.05) is 39.8 Å². The second kappa shape index (κ2) is 12.3. The summed E-state index contributed by atoms with van der Waals surface area (Å²) in [5.74, 6) is 0.866. The highest BCUT2D eigenvalue weighted by atomic mass is 16.5. The van der Waals surface area contributed by atoms with Gasteiger partial charge in [0.25, 0.3) is 5.91 Å². The molecule has 0 saturated carbocycles. The maximum Gasteiger partial charge on any atom is 0.251 e. The number of anilines is 1. The number of amides is 1. The summed E-state index contributed by atoms with van der Waals surface area (Å²) < 4.78 is 5.20. The maximum absolute atomic E-state index is 11.9. The van der Waals surface area contributed by atoms with Gasteiger partial charge in [-0.1, -0.05) is 32.4 Å². The minimum absolute atomic E-state index is 0.0792. The van der Waals surface area contributed by atoms with Gasteiger partial charge in [-0.15, -0.1) is 0 Å². The lowest BCUT2D eigenvalue weighted by Gasteiger charge is -2.06. The summed E-state index contributed by atoms with van der Waals surface area (Å²) in [5.41, 5.74) is 8.06. The number of carbonyl (C=O) groups excluding carboxylic acids is 1. The SMILES string of the molecule is CC.CC/C(=C\C=C(/C)CCNC(=O)c1ccc(N)cc1)OC. The highest BCUT2D eigenvalue weighted by molar-refractivity contribution is 5.94. The third-order valence-electron chi connectivity index (χ3n) is 3.14. The van der Waals surface area contributed by atoms with Crippen molar-refractivity contribution in [1.29, 1.82) is 0 Å². The molecule has 0 saturated heterocycles. The van der Waals surface area contributed by atoms with Crippen LogP contribution in [0.2, 0.25) is 0 Å². The van der Waals surface area contributed by atoms with Crippen molar-refractivity contribution in [3.8, 4) is 0 Å². The van der Waals surface area contributed by atoms with Gasteiger partial charge in [-0.2, -0.15) is 0 Å². The van der Waals surface area contributed by atoms with Gasteiger partial charge in [0.2, 0.25) is 0 Å². The van der Waals surface area contributed by atoms with Gasteiger partial charge in [0.15, 0.2) is 0 Å². The molecular weight excluding hydrogens is 288 g/mol. The lowest BCUT2D eigenvalue weighted by Crippen LogP contribution is -2.24. The maximum atomic E-state index is 11.9. The molecular formula is C19H30N2O2. The largest absolute Gasteiger partial charge is 0.501 e. The van der Waals surface area contributed by atoms with Crippen LogP contribution in [0.15, 0.2) is 47.7 Å². The van der Waals surface area contributed by atoms with Crippen LogP contribution in [0.3, 0.4) is 0 Å². The first-order valence-electron chi connectivity index (χ1n) is 8.10. The molecule has 0 spiro atoms. The number of carbonyl (C=O) groups is 1. The summed E-state index contributed by atoms with van der Waals surface area (Å²) in [6.45, 7) is 8.69. The molecule has 1 rings (SSSR count). The topological polar surface area (TPSA) is 64.4 Å². The van der Waals surface area contributed by atoms with E-state index in [-0.39, 0.29) is 5.91 Å². The molecule has 128 valence electrons. The Hall–Kier alpha value is -2.23. The number of methoxy groups -OCH3 is 1. The Morgan fingerprint density at radius 3 is 2.35 bits per heavy atom. The van der Waals surface area contributed by atoms with E-state index in [1.54, 1.807) is 31.4 Å². The number of nitrogens with one attached hydrogen (secondary N) is 1. The molecule has 0 fully saturated rings. The fourth-order valence-electron chi connectivity index (χ4n) is 1.76. The molecule has 0 unspecified atom stereocenters. The van der Waals surface area contributed by atoms with Crippen LogP contribution in [0, 0.1) is 0 Å². The van der Waals surface area contributed by atoms with E-state index in [9.17, 15) is 4.79 Å². The van der Waals surface area contributed by atoms with Gasteiger partial charge in [0, 0.05) is 24.2 Å². The second-order valence-electron chi connectivity index (χ2n) is 4.83. The van der Waals surface area contributed by atoms with Crippen molar-refractivity contribution < 1.29 is 9.53 Å². The first-order valence-corrected chi connectivity index (χ1v) is 8.10. The average Bonchev–Trinajstić information content (AvgIpc) is 2.58. The second-order valence-corrected chi connectivity index (χ2v) is 4.83. The standard InChI is InChI=1S/C17H24N2O2.C2H6/c1-4-16(21-3)10-5-13(2)11-12-19-17(20)14-6-8-15(18)9-7-14;1-2/h5-10H,4,11-12,18H2,1-3H3,(H,19,20);1-2H3/b13-5+,16-10+;. The molecule has 0 aliphatic rings. The summed E-state index contributed by atoms with van der Waals surface area (Å²) in [6, 6.07) is 6.90. The average molecular weight is 318 g/mol. The van der Waals surface area contributed by atoms with Crippen molar-refractivity contribution in [3.63, 3.8) is 0 Å². The Balaban J connectivity index is 0.00000232. The quantitative estimate of drug-likeness (QED) is 0.447. The number of ether oxygens (including phenoxy) is 1. The van der Waals surface area contributed by atoms with Crippen LogP contribution in [0.1, 0.15) is 50.9 Å². The van der Waals surface area contributed by atoms with E-state index in [0.29, 0.717) is 17.8 Å². The van der Waals surface area contributed by atoms with Crippen molar-refractivity contribution >= 4 is 11.6 Å². The van der Waals surface area contributed by atoms with Crippen LogP contribution in [0.4, 0.5) is 5.69 Å². The van der Waals surface area contributed by atoms with Crippen LogP contribution in [-0.2, 0) is 4.74 Å². The van der Waals surface area contributed by atoms with Gasteiger partial charge in [0.05, 0.1) is 12.9 Å². The summed E-state index contributed by atoms with van der Waals surface area (Å²) in [4.78, 5) is 11.9. The monoisotopic (exact) mass is 318 g/mol. The number of benzene rings is 1. The van der Waals surface area contributed by atoms with Crippen LogP contribution in [0.25, 0.3) is 0 Å². The first-order chi connectivity index (χ1) is 11.1. The van der Waals surface area contributed by atoms with E-state index in [2.05, 4.69) is 5.32 Å². The third-order valence-corrected chi connectivity index (χ3v) is 3.14. The molecule has 0 aliphatic carbocycles. The van der Waals surface area contributed by atoms with Gasteiger partial charge < -0.3 is 15.8 Å². The Kier molecular flexibility index (Phi) is 11.1. The molecule has 3 N–H and O–H groups in total. The molecule has 0 aliphatic heterocycles. The number of nitrogens with two attached hydrogens (primary N) is 1. The van der Waals surface area contributed by atoms with Crippen molar-refractivity contribution in [1.82, 2.24) is 5.32 Å². The third kappa shape index (κ3) is 8.71. The zero-order valence-electron chi connectivity index (χ0n) is 15.0. The minimum atomic E-state index is -0.0792. The number of hydrogen-bond donors (Lipinski definition) is 2. The molecule has 1 amide bonds. The molecule has 0 radical (unpaired) electrons. The van der Waals surface area contributed by atoms with Crippen LogP contribution >= 0.6 is 0 Å². The molecule has 1 aromatic carbocycles. The number of hydrogen-bond acceptors (Lipinski definition) is 3. The zero-order valence-corrected chi connectivity index (χ0v) is 15.0. The molecule has 0 atom stereocenters. The summed E-state index contributed by atoms with van der Waals surface area (Å²) in [7, 11) is 1.67. The number of rotatable bonds is 7. The summed E-state index contributed by atoms with van der Waals surface area (Å²) in [5, 5.41) is 2.89. The van der Waals surface area contributed by atoms with Gasteiger partial charge in [-0.3, -0.25) is 4.79 Å². The normalized spacial score (nSPS) is 11.3. The van der Waals surface area contributed by atoms with Gasteiger partial charge in [0.1, 0.15) is 0 Å². The van der Waals surface area contributed by atoms with E-state index in [0.717, 1.165) is 18.6 Å². The van der Waals surface area contributed by atoms with Crippen molar-refractivity contribution in [3.05, 3.63) is 53.3 Å². The highest BCUT2D eigenvalue weighted by Gasteiger charge is 2.03. The van der Waals surface area contributed by atoms with Gasteiger partial charge >= 0.3 is 0 Å². The summed E-state index contributed by atoms with van der Waals surface area (Å²) in [6.07, 6.45) is 5.67. The molecule has 4 nitrogen and oxygen atoms in total. The van der Waals surface area contributed by atoms with Crippen molar-refractivity contribution in [2.75, 3.05) is 19.4 Å². The Morgan fingerprint density at radius 1 is 1.22 bits per heavy atom. The molecule has 23 heavy (non-hydrogen) atoms. The van der Waals surface area contributed by atoms with E-state index < -0.39 is 0 Å². The van der Waals surface area contributed by atoms with Crippen LogP contribution in [0.5, 0.6) is 0 Å². The van der Waals surface area contributed by atoms with Gasteiger partial charge in [-0.25, -0.2) is 0 Å². The number of nitrogen functional groups attached to an aromatic ring is 1. The smallest absolute Gasteiger partial charge is 0.251 e.